The number of aliphatic carboxylic acids is 1. The summed E-state index contributed by atoms with van der Waals surface area (Å²) >= 11 is 0. The van der Waals surface area contributed by atoms with Gasteiger partial charge in [0.05, 0.1) is 18.7 Å². The van der Waals surface area contributed by atoms with E-state index in [0.717, 1.165) is 12.2 Å². The number of carbonyl (C=O) groups is 1. The zero-order valence-electron chi connectivity index (χ0n) is 10.1. The zero-order valence-corrected chi connectivity index (χ0v) is 10.1. The quantitative estimate of drug-likeness (QED) is 0.792. The molecule has 1 fully saturated rings. The Bertz CT molecular complexity index is 357. The fourth-order valence-corrected chi connectivity index (χ4v) is 2.30. The highest BCUT2D eigenvalue weighted by Gasteiger charge is 2.34. The Morgan fingerprint density at radius 1 is 1.65 bits per heavy atom. The highest BCUT2D eigenvalue weighted by Crippen LogP contribution is 2.36. The lowest BCUT2D eigenvalue weighted by atomic mass is 10.1. The van der Waals surface area contributed by atoms with Crippen LogP contribution in [0.5, 0.6) is 0 Å². The summed E-state index contributed by atoms with van der Waals surface area (Å²) in [5, 5.41) is 8.80. The van der Waals surface area contributed by atoms with Crippen molar-refractivity contribution in [2.24, 2.45) is 0 Å². The largest absolute Gasteiger partial charge is 0.481 e. The van der Waals surface area contributed by atoms with Gasteiger partial charge in [0, 0.05) is 12.6 Å². The third-order valence-electron chi connectivity index (χ3n) is 3.26. The monoisotopic (exact) mass is 237 g/mol. The van der Waals surface area contributed by atoms with Crippen molar-refractivity contribution < 1.29 is 14.3 Å². The molecule has 0 saturated heterocycles. The molecule has 0 radical (unpaired) electrons. The average Bonchev–Trinajstić information content (AvgIpc) is 3.00. The van der Waals surface area contributed by atoms with Crippen LogP contribution in [-0.4, -0.2) is 28.6 Å². The van der Waals surface area contributed by atoms with Gasteiger partial charge in [-0.2, -0.15) is 0 Å². The molecule has 4 heteroatoms. The van der Waals surface area contributed by atoms with Gasteiger partial charge in [-0.3, -0.25) is 9.69 Å². The molecule has 1 aliphatic carbocycles. The number of carboxylic acids is 1. The van der Waals surface area contributed by atoms with Crippen LogP contribution in [0.1, 0.15) is 44.4 Å². The molecule has 0 amide bonds. The van der Waals surface area contributed by atoms with Gasteiger partial charge in [0.25, 0.3) is 0 Å². The first-order valence-electron chi connectivity index (χ1n) is 6.23. The van der Waals surface area contributed by atoms with Crippen LogP contribution in [0.15, 0.2) is 22.8 Å². The topological polar surface area (TPSA) is 53.7 Å². The van der Waals surface area contributed by atoms with E-state index in [0.29, 0.717) is 12.6 Å². The molecule has 1 aromatic rings. The third kappa shape index (κ3) is 3.09. The van der Waals surface area contributed by atoms with Crippen LogP contribution in [0, 0.1) is 0 Å². The van der Waals surface area contributed by atoms with Gasteiger partial charge < -0.3 is 9.52 Å². The van der Waals surface area contributed by atoms with E-state index < -0.39 is 5.97 Å². The Morgan fingerprint density at radius 3 is 2.88 bits per heavy atom. The molecule has 1 aromatic heterocycles. The molecule has 1 N–H and O–H groups in total. The number of furan rings is 1. The lowest BCUT2D eigenvalue weighted by molar-refractivity contribution is -0.137. The maximum absolute atomic E-state index is 10.7. The summed E-state index contributed by atoms with van der Waals surface area (Å²) in [4.78, 5) is 13.0. The second kappa shape index (κ2) is 5.36. The number of rotatable bonds is 7. The zero-order chi connectivity index (χ0) is 12.3. The number of carboxylic acid groups (broad SMARTS) is 1. The fourth-order valence-electron chi connectivity index (χ4n) is 2.30. The molecule has 94 valence electrons. The van der Waals surface area contributed by atoms with Gasteiger partial charge in [-0.15, -0.1) is 0 Å². The number of hydrogen-bond donors (Lipinski definition) is 1. The minimum absolute atomic E-state index is 0.202. The van der Waals surface area contributed by atoms with Crippen molar-refractivity contribution >= 4 is 5.97 Å². The molecular weight excluding hydrogens is 218 g/mol. The first kappa shape index (κ1) is 12.2. The van der Waals surface area contributed by atoms with E-state index in [1.807, 2.05) is 12.1 Å². The standard InChI is InChI=1S/C13H19NO3/c1-2-11(12-4-3-9-17-12)14(10-5-6-10)8-7-13(15)16/h3-4,9-11H,2,5-8H2,1H3,(H,15,16). The van der Waals surface area contributed by atoms with Gasteiger partial charge in [0.1, 0.15) is 5.76 Å². The molecule has 0 spiro atoms. The van der Waals surface area contributed by atoms with Crippen molar-refractivity contribution in [1.29, 1.82) is 0 Å². The molecule has 2 rings (SSSR count). The smallest absolute Gasteiger partial charge is 0.304 e. The molecule has 4 nitrogen and oxygen atoms in total. The molecule has 1 heterocycles. The van der Waals surface area contributed by atoms with Crippen LogP contribution < -0.4 is 0 Å². The third-order valence-corrected chi connectivity index (χ3v) is 3.26. The van der Waals surface area contributed by atoms with E-state index in [9.17, 15) is 4.79 Å². The van der Waals surface area contributed by atoms with Gasteiger partial charge in [-0.25, -0.2) is 0 Å². The van der Waals surface area contributed by atoms with Gasteiger partial charge in [-0.05, 0) is 31.4 Å². The molecule has 1 atom stereocenters. The van der Waals surface area contributed by atoms with Crippen LogP contribution >= 0.6 is 0 Å². The summed E-state index contributed by atoms with van der Waals surface area (Å²) in [7, 11) is 0. The van der Waals surface area contributed by atoms with Gasteiger partial charge >= 0.3 is 5.97 Å². The first-order valence-corrected chi connectivity index (χ1v) is 6.23. The predicted octanol–water partition coefficient (Wildman–Crippen LogP) is 2.67. The maximum atomic E-state index is 10.7. The van der Waals surface area contributed by atoms with Gasteiger partial charge in [0.2, 0.25) is 0 Å². The lowest BCUT2D eigenvalue weighted by Crippen LogP contribution is -2.32. The first-order chi connectivity index (χ1) is 8.22. The predicted molar refractivity (Wildman–Crippen MR) is 63.7 cm³/mol. The maximum Gasteiger partial charge on any atom is 0.304 e. The van der Waals surface area contributed by atoms with E-state index >= 15 is 0 Å². The summed E-state index contributed by atoms with van der Waals surface area (Å²) in [5.74, 6) is 0.217. The van der Waals surface area contributed by atoms with Crippen LogP contribution in [0.25, 0.3) is 0 Å². The Balaban J connectivity index is 2.05. The van der Waals surface area contributed by atoms with Crippen molar-refractivity contribution in [3.05, 3.63) is 24.2 Å². The second-order valence-electron chi connectivity index (χ2n) is 4.55. The SMILES string of the molecule is CCC(c1ccco1)N(CCC(=O)O)C1CC1. The Kier molecular flexibility index (Phi) is 3.84. The summed E-state index contributed by atoms with van der Waals surface area (Å²) in [6.45, 7) is 2.72. The van der Waals surface area contributed by atoms with Gasteiger partial charge in [-0.1, -0.05) is 6.92 Å². The molecule has 1 aliphatic rings. The summed E-state index contributed by atoms with van der Waals surface area (Å²) < 4.78 is 5.46. The van der Waals surface area contributed by atoms with Crippen molar-refractivity contribution in [3.63, 3.8) is 0 Å². The Hall–Kier alpha value is -1.29. The van der Waals surface area contributed by atoms with E-state index in [2.05, 4.69) is 11.8 Å². The molecule has 1 saturated carbocycles. The molecule has 17 heavy (non-hydrogen) atoms. The lowest BCUT2D eigenvalue weighted by Gasteiger charge is -2.29. The van der Waals surface area contributed by atoms with E-state index in [1.54, 1.807) is 6.26 Å². The summed E-state index contributed by atoms with van der Waals surface area (Å²) in [6, 6.07) is 4.63. The highest BCUT2D eigenvalue weighted by molar-refractivity contribution is 5.66. The van der Waals surface area contributed by atoms with Crippen LogP contribution in [0.2, 0.25) is 0 Å². The van der Waals surface area contributed by atoms with E-state index in [-0.39, 0.29) is 12.5 Å². The molecule has 0 bridgehead atoms. The van der Waals surface area contributed by atoms with Crippen LogP contribution in [0.3, 0.4) is 0 Å². The van der Waals surface area contributed by atoms with Gasteiger partial charge in [0.15, 0.2) is 0 Å². The Labute approximate surface area is 101 Å². The molecule has 0 aliphatic heterocycles. The minimum Gasteiger partial charge on any atom is -0.481 e. The van der Waals surface area contributed by atoms with Crippen molar-refractivity contribution in [2.75, 3.05) is 6.54 Å². The molecule has 1 unspecified atom stereocenters. The minimum atomic E-state index is -0.732. The molecule has 0 aromatic carbocycles. The highest BCUT2D eigenvalue weighted by atomic mass is 16.4. The van der Waals surface area contributed by atoms with Crippen molar-refractivity contribution in [2.45, 2.75) is 44.7 Å². The average molecular weight is 237 g/mol. The van der Waals surface area contributed by atoms with Crippen molar-refractivity contribution in [1.82, 2.24) is 4.90 Å². The normalized spacial score (nSPS) is 17.3. The summed E-state index contributed by atoms with van der Waals surface area (Å²) in [5.41, 5.74) is 0. The Morgan fingerprint density at radius 2 is 2.41 bits per heavy atom. The number of nitrogens with zero attached hydrogens (tertiary/aromatic N) is 1. The van der Waals surface area contributed by atoms with Crippen LogP contribution in [0.4, 0.5) is 0 Å². The summed E-state index contributed by atoms with van der Waals surface area (Å²) in [6.07, 6.45) is 5.19. The van der Waals surface area contributed by atoms with Crippen molar-refractivity contribution in [3.8, 4) is 0 Å². The fraction of sp³-hybridized carbons (Fsp3) is 0.615. The molecular formula is C13H19NO3. The van der Waals surface area contributed by atoms with E-state index in [4.69, 9.17) is 9.52 Å². The van der Waals surface area contributed by atoms with E-state index in [1.165, 1.54) is 12.8 Å². The second-order valence-corrected chi connectivity index (χ2v) is 4.55. The number of hydrogen-bond acceptors (Lipinski definition) is 3. The van der Waals surface area contributed by atoms with Crippen LogP contribution in [-0.2, 0) is 4.79 Å².